The van der Waals surface area contributed by atoms with Crippen LogP contribution in [0, 0.1) is 35.5 Å². The number of benzene rings is 1. The Hall–Kier alpha value is -2.88. The molecule has 0 aromatic heterocycles. The van der Waals surface area contributed by atoms with E-state index in [4.69, 9.17) is 14.7 Å². The van der Waals surface area contributed by atoms with Gasteiger partial charge in [-0.25, -0.2) is 13.2 Å². The van der Waals surface area contributed by atoms with Crippen LogP contribution in [0.4, 0.5) is 10.5 Å². The second-order valence-electron chi connectivity index (χ2n) is 11.0. The van der Waals surface area contributed by atoms with Crippen molar-refractivity contribution in [2.24, 2.45) is 17.3 Å². The van der Waals surface area contributed by atoms with Gasteiger partial charge in [0, 0.05) is 51.4 Å². The van der Waals surface area contributed by atoms with Gasteiger partial charge in [0.15, 0.2) is 0 Å². The lowest BCUT2D eigenvalue weighted by Crippen LogP contribution is -2.52. The van der Waals surface area contributed by atoms with Gasteiger partial charge in [-0.05, 0) is 55.4 Å². The van der Waals surface area contributed by atoms with Gasteiger partial charge in [0.2, 0.25) is 10.0 Å². The smallest absolute Gasteiger partial charge is 0.410 e. The standard InChI is InChI=1S/C26H34N4O7S/c1-18-10-19(13-27)2-3-23(18)28-5-7-30(8-6-28)38(34,35)17-26(24(31)32)11-20-14-29(15-21(20)12-26)25(33)37-22-4-9-36-16-22/h2-3,10,20-22H,4-9,11-12,14-17H2,1H3,(H,31,32)/t20-,21-,22-/m0/s1. The third kappa shape index (κ3) is 5.19. The molecule has 0 spiro atoms. The van der Waals surface area contributed by atoms with Gasteiger partial charge in [0.25, 0.3) is 0 Å². The van der Waals surface area contributed by atoms with Crippen LogP contribution in [0.2, 0.25) is 0 Å². The fourth-order valence-corrected chi connectivity index (χ4v) is 8.50. The Morgan fingerprint density at radius 2 is 1.87 bits per heavy atom. The molecule has 1 N–H and O–H groups in total. The molecular weight excluding hydrogens is 512 g/mol. The van der Waals surface area contributed by atoms with Crippen molar-refractivity contribution in [1.82, 2.24) is 9.21 Å². The Morgan fingerprint density at radius 3 is 2.42 bits per heavy atom. The maximum absolute atomic E-state index is 13.4. The fraction of sp³-hybridized carbons (Fsp3) is 0.654. The molecule has 3 aliphatic heterocycles. The Bertz CT molecular complexity index is 1220. The van der Waals surface area contributed by atoms with Crippen molar-refractivity contribution < 1.29 is 32.6 Å². The van der Waals surface area contributed by atoms with Gasteiger partial charge in [-0.15, -0.1) is 0 Å². The van der Waals surface area contributed by atoms with Crippen LogP contribution < -0.4 is 4.90 Å². The highest BCUT2D eigenvalue weighted by molar-refractivity contribution is 7.89. The molecule has 12 heteroatoms. The molecule has 5 rings (SSSR count). The highest BCUT2D eigenvalue weighted by Crippen LogP contribution is 2.50. The second-order valence-corrected chi connectivity index (χ2v) is 13.0. The van der Waals surface area contributed by atoms with E-state index in [0.717, 1.165) is 11.3 Å². The van der Waals surface area contributed by atoms with E-state index in [2.05, 4.69) is 11.0 Å². The summed E-state index contributed by atoms with van der Waals surface area (Å²) in [5, 5.41) is 19.3. The summed E-state index contributed by atoms with van der Waals surface area (Å²) in [5.74, 6) is -1.64. The zero-order valence-corrected chi connectivity index (χ0v) is 22.4. The normalized spacial score (nSPS) is 27.2. The lowest BCUT2D eigenvalue weighted by atomic mass is 9.87. The minimum Gasteiger partial charge on any atom is -0.481 e. The maximum Gasteiger partial charge on any atom is 0.410 e. The van der Waals surface area contributed by atoms with Crippen LogP contribution >= 0.6 is 0 Å². The summed E-state index contributed by atoms with van der Waals surface area (Å²) in [5.41, 5.74) is 1.15. The highest BCUT2D eigenvalue weighted by atomic mass is 32.2. The Balaban J connectivity index is 1.19. The van der Waals surface area contributed by atoms with E-state index in [-0.39, 0.29) is 43.9 Å². The van der Waals surface area contributed by atoms with Gasteiger partial charge >= 0.3 is 12.1 Å². The molecule has 3 heterocycles. The van der Waals surface area contributed by atoms with E-state index in [0.29, 0.717) is 51.4 Å². The number of amides is 1. The number of carboxylic acid groups (broad SMARTS) is 1. The lowest BCUT2D eigenvalue weighted by molar-refractivity contribution is -0.147. The number of carbonyl (C=O) groups excluding carboxylic acids is 1. The minimum absolute atomic E-state index is 0.0649. The lowest BCUT2D eigenvalue weighted by Gasteiger charge is -2.37. The minimum atomic E-state index is -3.81. The summed E-state index contributed by atoms with van der Waals surface area (Å²) in [6.45, 7) is 5.18. The quantitative estimate of drug-likeness (QED) is 0.564. The number of fused-ring (bicyclic) bond motifs is 1. The van der Waals surface area contributed by atoms with Crippen LogP contribution in [-0.2, 0) is 24.3 Å². The van der Waals surface area contributed by atoms with Crippen molar-refractivity contribution in [3.8, 4) is 6.07 Å². The molecular formula is C26H34N4O7S. The van der Waals surface area contributed by atoms with Gasteiger partial charge in [-0.1, -0.05) is 0 Å². The molecule has 1 aromatic rings. The van der Waals surface area contributed by atoms with Gasteiger partial charge in [-0.3, -0.25) is 4.79 Å². The number of anilines is 1. The Kier molecular flexibility index (Phi) is 7.28. The third-order valence-corrected chi connectivity index (χ3v) is 10.6. The number of ether oxygens (including phenoxy) is 2. The summed E-state index contributed by atoms with van der Waals surface area (Å²) < 4.78 is 39.1. The molecule has 4 aliphatic rings. The molecule has 1 aliphatic carbocycles. The van der Waals surface area contributed by atoms with Gasteiger partial charge in [0.05, 0.1) is 36.0 Å². The predicted octanol–water partition coefficient (Wildman–Crippen LogP) is 1.66. The first kappa shape index (κ1) is 26.7. The average molecular weight is 547 g/mol. The summed E-state index contributed by atoms with van der Waals surface area (Å²) >= 11 is 0. The largest absolute Gasteiger partial charge is 0.481 e. The maximum atomic E-state index is 13.4. The summed E-state index contributed by atoms with van der Waals surface area (Å²) in [4.78, 5) is 28.7. The van der Waals surface area contributed by atoms with E-state index in [1.807, 2.05) is 19.1 Å². The van der Waals surface area contributed by atoms with Crippen LogP contribution in [0.15, 0.2) is 18.2 Å². The molecule has 206 valence electrons. The zero-order chi connectivity index (χ0) is 27.1. The topological polar surface area (TPSA) is 140 Å². The van der Waals surface area contributed by atoms with E-state index in [1.54, 1.807) is 11.0 Å². The molecule has 3 atom stereocenters. The monoisotopic (exact) mass is 546 g/mol. The van der Waals surface area contributed by atoms with Gasteiger partial charge < -0.3 is 24.4 Å². The van der Waals surface area contributed by atoms with Crippen LogP contribution in [0.1, 0.15) is 30.4 Å². The molecule has 3 saturated heterocycles. The first-order chi connectivity index (χ1) is 18.1. The van der Waals surface area contributed by atoms with Crippen molar-refractivity contribution in [3.63, 3.8) is 0 Å². The Labute approximate surface area is 222 Å². The number of carboxylic acids is 1. The summed E-state index contributed by atoms with van der Waals surface area (Å²) in [7, 11) is -3.81. The molecule has 4 fully saturated rings. The summed E-state index contributed by atoms with van der Waals surface area (Å²) in [6.07, 6.45) is 0.486. The molecule has 1 saturated carbocycles. The molecule has 0 bridgehead atoms. The number of rotatable bonds is 6. The fourth-order valence-electron chi connectivity index (χ4n) is 6.54. The zero-order valence-electron chi connectivity index (χ0n) is 21.5. The third-order valence-electron chi connectivity index (χ3n) is 8.51. The SMILES string of the molecule is Cc1cc(C#N)ccc1N1CCN(S(=O)(=O)CC2(C(=O)O)C[C@H]3CN(C(=O)O[C@H]4CCOC4)C[C@@H]3C2)CC1. The van der Waals surface area contributed by atoms with Crippen molar-refractivity contribution in [1.29, 1.82) is 5.26 Å². The van der Waals surface area contributed by atoms with Crippen molar-refractivity contribution in [3.05, 3.63) is 29.3 Å². The van der Waals surface area contributed by atoms with Crippen LogP contribution in [0.3, 0.4) is 0 Å². The second kappa shape index (κ2) is 10.4. The first-order valence-corrected chi connectivity index (χ1v) is 14.7. The molecule has 38 heavy (non-hydrogen) atoms. The number of carbonyl (C=O) groups is 2. The molecule has 11 nitrogen and oxygen atoms in total. The first-order valence-electron chi connectivity index (χ1n) is 13.1. The number of nitrogens with zero attached hydrogens (tertiary/aromatic N) is 4. The van der Waals surface area contributed by atoms with E-state index < -0.39 is 33.3 Å². The number of aryl methyl sites for hydroxylation is 1. The average Bonchev–Trinajstić information content (AvgIpc) is 3.60. The Morgan fingerprint density at radius 1 is 1.18 bits per heavy atom. The van der Waals surface area contributed by atoms with Crippen molar-refractivity contribution >= 4 is 27.8 Å². The number of hydrogen-bond acceptors (Lipinski definition) is 8. The van der Waals surface area contributed by atoms with Crippen LogP contribution in [0.5, 0.6) is 0 Å². The van der Waals surface area contributed by atoms with Gasteiger partial charge in [-0.2, -0.15) is 9.57 Å². The molecule has 1 amide bonds. The number of piperazine rings is 1. The van der Waals surface area contributed by atoms with Crippen LogP contribution in [0.25, 0.3) is 0 Å². The molecule has 1 aromatic carbocycles. The van der Waals surface area contributed by atoms with E-state index in [9.17, 15) is 23.1 Å². The predicted molar refractivity (Wildman–Crippen MR) is 137 cm³/mol. The van der Waals surface area contributed by atoms with Gasteiger partial charge in [0.1, 0.15) is 6.10 Å². The molecule has 0 radical (unpaired) electrons. The summed E-state index contributed by atoms with van der Waals surface area (Å²) in [6, 6.07) is 7.58. The van der Waals surface area contributed by atoms with E-state index >= 15 is 0 Å². The number of aliphatic carboxylic acids is 1. The highest BCUT2D eigenvalue weighted by Gasteiger charge is 2.56. The van der Waals surface area contributed by atoms with Crippen molar-refractivity contribution in [2.45, 2.75) is 32.3 Å². The number of nitriles is 1. The molecule has 0 unspecified atom stereocenters. The van der Waals surface area contributed by atoms with Crippen molar-refractivity contribution in [2.75, 3.05) is 63.1 Å². The number of sulfonamides is 1. The van der Waals surface area contributed by atoms with Crippen LogP contribution in [-0.4, -0.2) is 99.1 Å². The number of likely N-dealkylation sites (tertiary alicyclic amines) is 1. The number of hydrogen-bond donors (Lipinski definition) is 1. The van der Waals surface area contributed by atoms with E-state index in [1.165, 1.54) is 4.31 Å².